The molecule has 0 fully saturated rings. The summed E-state index contributed by atoms with van der Waals surface area (Å²) in [4.78, 5) is 0. The first-order chi connectivity index (χ1) is 9.10. The number of amidine groups is 1. The molecule has 0 heterocycles. The van der Waals surface area contributed by atoms with Crippen LogP contribution in [-0.2, 0) is 6.42 Å². The number of hydrogen-bond acceptors (Lipinski definition) is 2. The third-order valence-corrected chi connectivity index (χ3v) is 2.78. The van der Waals surface area contributed by atoms with Crippen molar-refractivity contribution < 1.29 is 9.13 Å². The van der Waals surface area contributed by atoms with Gasteiger partial charge in [-0.25, -0.2) is 4.39 Å². The number of ether oxygens (including phenoxy) is 1. The lowest BCUT2D eigenvalue weighted by Gasteiger charge is -2.09. The minimum Gasteiger partial charge on any atom is -0.454 e. The Labute approximate surface area is 111 Å². The molecule has 0 aromatic heterocycles. The minimum absolute atomic E-state index is 0.123. The average molecular weight is 258 g/mol. The van der Waals surface area contributed by atoms with E-state index in [4.69, 9.17) is 15.9 Å². The van der Waals surface area contributed by atoms with Crippen molar-refractivity contribution in [2.75, 3.05) is 0 Å². The van der Waals surface area contributed by atoms with Gasteiger partial charge in [0, 0.05) is 5.56 Å². The number of nitrogen functional groups attached to an aromatic ring is 1. The molecule has 2 rings (SSSR count). The molecule has 2 aromatic carbocycles. The standard InChI is InChI=1S/C15H15FN2O/c1-2-10-4-3-5-12(8-10)19-14-7-6-11(15(17)18)9-13(14)16/h3-9H,2H2,1H3,(H3,17,18). The van der Waals surface area contributed by atoms with E-state index >= 15 is 0 Å². The van der Waals surface area contributed by atoms with E-state index in [0.717, 1.165) is 12.0 Å². The Morgan fingerprint density at radius 3 is 2.68 bits per heavy atom. The molecule has 0 bridgehead atoms. The second kappa shape index (κ2) is 5.52. The number of halogens is 1. The molecular formula is C15H15FN2O. The maximum Gasteiger partial charge on any atom is 0.166 e. The largest absolute Gasteiger partial charge is 0.454 e. The Kier molecular flexibility index (Phi) is 3.80. The first-order valence-corrected chi connectivity index (χ1v) is 6.01. The van der Waals surface area contributed by atoms with Gasteiger partial charge in [0.25, 0.3) is 0 Å². The lowest BCUT2D eigenvalue weighted by atomic mass is 10.1. The van der Waals surface area contributed by atoms with Gasteiger partial charge in [0.15, 0.2) is 11.6 Å². The van der Waals surface area contributed by atoms with Gasteiger partial charge in [0.1, 0.15) is 11.6 Å². The van der Waals surface area contributed by atoms with Crippen LogP contribution in [-0.4, -0.2) is 5.84 Å². The minimum atomic E-state index is -0.533. The van der Waals surface area contributed by atoms with E-state index in [0.29, 0.717) is 11.3 Å². The van der Waals surface area contributed by atoms with E-state index in [-0.39, 0.29) is 11.6 Å². The number of rotatable bonds is 4. The van der Waals surface area contributed by atoms with E-state index < -0.39 is 5.82 Å². The topological polar surface area (TPSA) is 59.1 Å². The molecule has 0 aliphatic carbocycles. The molecule has 0 amide bonds. The Morgan fingerprint density at radius 2 is 2.05 bits per heavy atom. The van der Waals surface area contributed by atoms with Crippen LogP contribution in [0.4, 0.5) is 4.39 Å². The summed E-state index contributed by atoms with van der Waals surface area (Å²) in [5, 5.41) is 7.25. The van der Waals surface area contributed by atoms with Crippen LogP contribution in [0.3, 0.4) is 0 Å². The summed E-state index contributed by atoms with van der Waals surface area (Å²) in [5.41, 5.74) is 6.76. The first-order valence-electron chi connectivity index (χ1n) is 6.01. The molecule has 0 atom stereocenters. The number of hydrogen-bond donors (Lipinski definition) is 2. The van der Waals surface area contributed by atoms with Crippen molar-refractivity contribution in [1.29, 1.82) is 5.41 Å². The molecule has 0 saturated heterocycles. The van der Waals surface area contributed by atoms with Gasteiger partial charge in [-0.1, -0.05) is 19.1 Å². The fraction of sp³-hybridized carbons (Fsp3) is 0.133. The molecule has 98 valence electrons. The van der Waals surface area contributed by atoms with Crippen LogP contribution in [0.15, 0.2) is 42.5 Å². The van der Waals surface area contributed by atoms with E-state index in [2.05, 4.69) is 0 Å². The Bertz CT molecular complexity index is 611. The van der Waals surface area contributed by atoms with E-state index in [9.17, 15) is 4.39 Å². The fourth-order valence-corrected chi connectivity index (χ4v) is 1.71. The summed E-state index contributed by atoms with van der Waals surface area (Å²) in [6.07, 6.45) is 0.892. The molecule has 0 saturated carbocycles. The fourth-order valence-electron chi connectivity index (χ4n) is 1.71. The SMILES string of the molecule is CCc1cccc(Oc2ccc(C(=N)N)cc2F)c1. The van der Waals surface area contributed by atoms with Crippen LogP contribution < -0.4 is 10.5 Å². The summed E-state index contributed by atoms with van der Waals surface area (Å²) in [6, 6.07) is 11.7. The summed E-state index contributed by atoms with van der Waals surface area (Å²) >= 11 is 0. The van der Waals surface area contributed by atoms with Crippen LogP contribution in [0, 0.1) is 11.2 Å². The summed E-state index contributed by atoms with van der Waals surface area (Å²) in [7, 11) is 0. The molecular weight excluding hydrogens is 243 g/mol. The Hall–Kier alpha value is -2.36. The van der Waals surface area contributed by atoms with Crippen molar-refractivity contribution >= 4 is 5.84 Å². The highest BCUT2D eigenvalue weighted by molar-refractivity contribution is 5.95. The third kappa shape index (κ3) is 3.10. The normalized spacial score (nSPS) is 10.2. The predicted molar refractivity (Wildman–Crippen MR) is 73.3 cm³/mol. The van der Waals surface area contributed by atoms with Crippen LogP contribution in [0.2, 0.25) is 0 Å². The highest BCUT2D eigenvalue weighted by atomic mass is 19.1. The maximum absolute atomic E-state index is 13.8. The van der Waals surface area contributed by atoms with Crippen molar-refractivity contribution in [2.45, 2.75) is 13.3 Å². The van der Waals surface area contributed by atoms with Crippen molar-refractivity contribution in [1.82, 2.24) is 0 Å². The first kappa shape index (κ1) is 13.1. The zero-order chi connectivity index (χ0) is 13.8. The van der Waals surface area contributed by atoms with Gasteiger partial charge in [0.05, 0.1) is 0 Å². The highest BCUT2D eigenvalue weighted by Gasteiger charge is 2.07. The van der Waals surface area contributed by atoms with Gasteiger partial charge in [-0.2, -0.15) is 0 Å². The maximum atomic E-state index is 13.8. The number of nitrogens with one attached hydrogen (secondary N) is 1. The molecule has 0 spiro atoms. The number of benzene rings is 2. The molecule has 0 radical (unpaired) electrons. The third-order valence-electron chi connectivity index (χ3n) is 2.78. The summed E-state index contributed by atoms with van der Waals surface area (Å²) in [5.74, 6) is 0.0140. The number of nitrogens with two attached hydrogens (primary N) is 1. The van der Waals surface area contributed by atoms with E-state index in [1.165, 1.54) is 12.1 Å². The second-order valence-corrected chi connectivity index (χ2v) is 4.16. The molecule has 0 unspecified atom stereocenters. The predicted octanol–water partition coefficient (Wildman–Crippen LogP) is 3.46. The molecule has 2 aromatic rings. The molecule has 3 nitrogen and oxygen atoms in total. The van der Waals surface area contributed by atoms with Crippen LogP contribution >= 0.6 is 0 Å². The monoisotopic (exact) mass is 258 g/mol. The zero-order valence-corrected chi connectivity index (χ0v) is 10.6. The van der Waals surface area contributed by atoms with Crippen molar-refractivity contribution in [2.24, 2.45) is 5.73 Å². The van der Waals surface area contributed by atoms with Crippen molar-refractivity contribution in [3.05, 3.63) is 59.4 Å². The average Bonchev–Trinajstić information content (AvgIpc) is 2.41. The highest BCUT2D eigenvalue weighted by Crippen LogP contribution is 2.25. The Balaban J connectivity index is 2.25. The van der Waals surface area contributed by atoms with Gasteiger partial charge in [0.2, 0.25) is 0 Å². The van der Waals surface area contributed by atoms with Crippen LogP contribution in [0.5, 0.6) is 11.5 Å². The molecule has 3 N–H and O–H groups in total. The van der Waals surface area contributed by atoms with E-state index in [1.807, 2.05) is 25.1 Å². The molecule has 19 heavy (non-hydrogen) atoms. The van der Waals surface area contributed by atoms with Crippen molar-refractivity contribution in [3.8, 4) is 11.5 Å². The van der Waals surface area contributed by atoms with Crippen molar-refractivity contribution in [3.63, 3.8) is 0 Å². The zero-order valence-electron chi connectivity index (χ0n) is 10.6. The van der Waals surface area contributed by atoms with Gasteiger partial charge >= 0.3 is 0 Å². The lowest BCUT2D eigenvalue weighted by molar-refractivity contribution is 0.442. The Morgan fingerprint density at radius 1 is 1.26 bits per heavy atom. The van der Waals surface area contributed by atoms with Gasteiger partial charge in [-0.15, -0.1) is 0 Å². The van der Waals surface area contributed by atoms with Crippen LogP contribution in [0.1, 0.15) is 18.1 Å². The van der Waals surface area contributed by atoms with Gasteiger partial charge in [-0.3, -0.25) is 5.41 Å². The van der Waals surface area contributed by atoms with Gasteiger partial charge in [-0.05, 0) is 42.3 Å². The molecule has 0 aliphatic heterocycles. The number of aryl methyl sites for hydroxylation is 1. The quantitative estimate of drug-likeness (QED) is 0.651. The second-order valence-electron chi connectivity index (χ2n) is 4.16. The lowest BCUT2D eigenvalue weighted by Crippen LogP contribution is -2.11. The van der Waals surface area contributed by atoms with Gasteiger partial charge < -0.3 is 10.5 Å². The summed E-state index contributed by atoms with van der Waals surface area (Å²) in [6.45, 7) is 2.04. The summed E-state index contributed by atoms with van der Waals surface area (Å²) < 4.78 is 19.3. The van der Waals surface area contributed by atoms with Crippen LogP contribution in [0.25, 0.3) is 0 Å². The smallest absolute Gasteiger partial charge is 0.166 e. The molecule has 4 heteroatoms. The van der Waals surface area contributed by atoms with E-state index in [1.54, 1.807) is 12.1 Å². The molecule has 0 aliphatic rings.